The molecule has 1 aliphatic rings. The number of H-pyrrole nitrogens is 1. The molecule has 0 aliphatic carbocycles. The molecule has 26 heavy (non-hydrogen) atoms. The summed E-state index contributed by atoms with van der Waals surface area (Å²) < 4.78 is 7.18. The van der Waals surface area contributed by atoms with Gasteiger partial charge in [0.25, 0.3) is 11.5 Å². The van der Waals surface area contributed by atoms with Crippen molar-refractivity contribution < 1.29 is 9.53 Å². The van der Waals surface area contributed by atoms with Gasteiger partial charge in [0.1, 0.15) is 22.9 Å². The highest BCUT2D eigenvalue weighted by Crippen LogP contribution is 2.29. The second-order valence-corrected chi connectivity index (χ2v) is 7.78. The lowest BCUT2D eigenvalue weighted by atomic mass is 10.1. The Kier molecular flexibility index (Phi) is 4.37. The van der Waals surface area contributed by atoms with Gasteiger partial charge in [0.05, 0.1) is 17.6 Å². The zero-order chi connectivity index (χ0) is 18.3. The number of hydrogen-bond acceptors (Lipinski definition) is 5. The minimum absolute atomic E-state index is 0.163. The highest BCUT2D eigenvalue weighted by molar-refractivity contribution is 9.10. The van der Waals surface area contributed by atoms with Crippen LogP contribution in [0.2, 0.25) is 0 Å². The largest absolute Gasteiger partial charge is 0.488 e. The Bertz CT molecular complexity index is 1100. The molecule has 1 aliphatic heterocycles. The number of nitrogens with zero attached hydrogens (tertiary/aromatic N) is 2. The average molecular weight is 432 g/mol. The smallest absolute Gasteiger partial charge is 0.268 e. The molecular weight excluding hydrogens is 418 g/mol. The molecule has 0 fully saturated rings. The van der Waals surface area contributed by atoms with Crippen LogP contribution < -0.4 is 10.3 Å². The zero-order valence-electron chi connectivity index (χ0n) is 13.8. The van der Waals surface area contributed by atoms with E-state index < -0.39 is 0 Å². The number of carbonyl (C=O) groups is 1. The van der Waals surface area contributed by atoms with E-state index in [9.17, 15) is 9.59 Å². The van der Waals surface area contributed by atoms with Crippen LogP contribution in [0.4, 0.5) is 0 Å². The topological polar surface area (TPSA) is 75.3 Å². The number of aromatic amines is 1. The van der Waals surface area contributed by atoms with Crippen LogP contribution in [0.1, 0.15) is 11.4 Å². The Morgan fingerprint density at radius 3 is 3.12 bits per heavy atom. The fraction of sp³-hybridized carbons (Fsp3) is 0.167. The fourth-order valence-corrected chi connectivity index (χ4v) is 3.91. The zero-order valence-corrected chi connectivity index (χ0v) is 16.2. The highest BCUT2D eigenvalue weighted by atomic mass is 79.9. The second kappa shape index (κ2) is 6.69. The van der Waals surface area contributed by atoms with Gasteiger partial charge in [0.2, 0.25) is 0 Å². The minimum Gasteiger partial charge on any atom is -0.488 e. The number of aromatic nitrogens is 2. The molecule has 0 spiro atoms. The van der Waals surface area contributed by atoms with Crippen molar-refractivity contribution in [3.05, 3.63) is 61.4 Å². The van der Waals surface area contributed by atoms with E-state index in [0.717, 1.165) is 15.8 Å². The number of amides is 1. The molecule has 132 valence electrons. The van der Waals surface area contributed by atoms with Crippen LogP contribution in [0.5, 0.6) is 5.75 Å². The van der Waals surface area contributed by atoms with Crippen molar-refractivity contribution in [2.75, 3.05) is 13.7 Å². The first-order valence-electron chi connectivity index (χ1n) is 7.86. The molecular formula is C18H14BrN3O3S. The number of rotatable bonds is 3. The number of fused-ring (bicyclic) bond motifs is 2. The van der Waals surface area contributed by atoms with E-state index in [1.807, 2.05) is 29.7 Å². The third-order valence-corrected chi connectivity index (χ3v) is 5.45. The first-order chi connectivity index (χ1) is 12.5. The summed E-state index contributed by atoms with van der Waals surface area (Å²) in [6, 6.07) is 7.47. The summed E-state index contributed by atoms with van der Waals surface area (Å²) in [4.78, 5) is 33.5. The number of ether oxygens (including phenoxy) is 1. The summed E-state index contributed by atoms with van der Waals surface area (Å²) >= 11 is 4.77. The minimum atomic E-state index is -0.181. The van der Waals surface area contributed by atoms with Gasteiger partial charge in [-0.2, -0.15) is 0 Å². The summed E-state index contributed by atoms with van der Waals surface area (Å²) in [5.41, 5.74) is 1.87. The van der Waals surface area contributed by atoms with Crippen molar-refractivity contribution in [3.63, 3.8) is 0 Å². The second-order valence-electron chi connectivity index (χ2n) is 5.95. The predicted octanol–water partition coefficient (Wildman–Crippen LogP) is 3.18. The monoisotopic (exact) mass is 431 g/mol. The Hall–Kier alpha value is -2.45. The summed E-state index contributed by atoms with van der Waals surface area (Å²) in [6.45, 7) is 0.424. The van der Waals surface area contributed by atoms with E-state index in [1.165, 1.54) is 16.2 Å². The molecule has 3 heterocycles. The van der Waals surface area contributed by atoms with E-state index in [2.05, 4.69) is 25.9 Å². The molecule has 4 rings (SSSR count). The van der Waals surface area contributed by atoms with Crippen LogP contribution in [0.15, 0.2) is 44.5 Å². The molecule has 0 atom stereocenters. The first kappa shape index (κ1) is 17.0. The van der Waals surface area contributed by atoms with Crippen molar-refractivity contribution >= 4 is 49.5 Å². The molecule has 6 nitrogen and oxygen atoms in total. The molecule has 1 aromatic carbocycles. The summed E-state index contributed by atoms with van der Waals surface area (Å²) in [5, 5.41) is 1.82. The molecule has 0 saturated heterocycles. The van der Waals surface area contributed by atoms with Crippen molar-refractivity contribution in [1.82, 2.24) is 14.9 Å². The number of carbonyl (C=O) groups excluding carboxylic acids is 1. The van der Waals surface area contributed by atoms with Gasteiger partial charge < -0.3 is 14.6 Å². The first-order valence-corrected chi connectivity index (χ1v) is 9.53. The van der Waals surface area contributed by atoms with E-state index >= 15 is 0 Å². The number of benzene rings is 1. The Morgan fingerprint density at radius 1 is 1.42 bits per heavy atom. The Morgan fingerprint density at radius 2 is 2.27 bits per heavy atom. The summed E-state index contributed by atoms with van der Waals surface area (Å²) in [7, 11) is 1.68. The number of halogens is 1. The van der Waals surface area contributed by atoms with Crippen LogP contribution in [-0.4, -0.2) is 34.4 Å². The fourth-order valence-electron chi connectivity index (χ4n) is 2.81. The SMILES string of the molecule is CN(Cc1nc2ccsc2c(=O)[nH]1)C(=O)C1=Cc2cc(Br)ccc2OC1. The predicted molar refractivity (Wildman–Crippen MR) is 104 cm³/mol. The van der Waals surface area contributed by atoms with Gasteiger partial charge in [0, 0.05) is 17.1 Å². The van der Waals surface area contributed by atoms with Crippen LogP contribution >= 0.6 is 27.3 Å². The summed E-state index contributed by atoms with van der Waals surface area (Å²) in [6.07, 6.45) is 1.83. The number of likely N-dealkylation sites (N-methyl/N-ethyl adjacent to an activating group) is 1. The van der Waals surface area contributed by atoms with Gasteiger partial charge in [-0.15, -0.1) is 11.3 Å². The lowest BCUT2D eigenvalue weighted by Gasteiger charge is -2.22. The standard InChI is InChI=1S/C18H14BrN3O3S/c1-22(8-15-20-13-4-5-26-16(13)17(23)21-15)18(24)11-6-10-7-12(19)2-3-14(10)25-9-11/h2-7H,8-9H2,1H3,(H,20,21,23). The van der Waals surface area contributed by atoms with Crippen LogP contribution in [-0.2, 0) is 11.3 Å². The third-order valence-electron chi connectivity index (χ3n) is 4.06. The molecule has 1 N–H and O–H groups in total. The summed E-state index contributed by atoms with van der Waals surface area (Å²) in [5.74, 6) is 1.04. The maximum Gasteiger partial charge on any atom is 0.268 e. The van der Waals surface area contributed by atoms with Gasteiger partial charge in [-0.1, -0.05) is 15.9 Å². The van der Waals surface area contributed by atoms with Crippen molar-refractivity contribution in [2.45, 2.75) is 6.54 Å². The lowest BCUT2D eigenvalue weighted by molar-refractivity contribution is -0.126. The number of nitrogens with one attached hydrogen (secondary N) is 1. The molecule has 2 aromatic heterocycles. The van der Waals surface area contributed by atoms with Crippen LogP contribution in [0, 0.1) is 0 Å². The van der Waals surface area contributed by atoms with E-state index in [4.69, 9.17) is 4.74 Å². The highest BCUT2D eigenvalue weighted by Gasteiger charge is 2.21. The van der Waals surface area contributed by atoms with Crippen molar-refractivity contribution in [2.24, 2.45) is 0 Å². The van der Waals surface area contributed by atoms with Gasteiger partial charge in [-0.05, 0) is 35.7 Å². The normalized spacial score (nSPS) is 13.1. The molecule has 8 heteroatoms. The third kappa shape index (κ3) is 3.17. The van der Waals surface area contributed by atoms with Gasteiger partial charge in [0.15, 0.2) is 0 Å². The molecule has 0 radical (unpaired) electrons. The number of thiophene rings is 1. The quantitative estimate of drug-likeness (QED) is 0.690. The lowest BCUT2D eigenvalue weighted by Crippen LogP contribution is -2.31. The molecule has 0 unspecified atom stereocenters. The van der Waals surface area contributed by atoms with Crippen LogP contribution in [0.3, 0.4) is 0 Å². The molecule has 0 saturated carbocycles. The van der Waals surface area contributed by atoms with Gasteiger partial charge in [-0.25, -0.2) is 4.98 Å². The van der Waals surface area contributed by atoms with Crippen LogP contribution in [0.25, 0.3) is 16.3 Å². The van der Waals surface area contributed by atoms with E-state index in [0.29, 0.717) is 21.6 Å². The molecule has 0 bridgehead atoms. The Labute approximate surface area is 161 Å². The molecule has 1 amide bonds. The van der Waals surface area contributed by atoms with Gasteiger partial charge >= 0.3 is 0 Å². The van der Waals surface area contributed by atoms with Gasteiger partial charge in [-0.3, -0.25) is 9.59 Å². The van der Waals surface area contributed by atoms with Crippen molar-refractivity contribution in [3.8, 4) is 5.75 Å². The van der Waals surface area contributed by atoms with Crippen molar-refractivity contribution in [1.29, 1.82) is 0 Å². The Balaban J connectivity index is 1.57. The number of hydrogen-bond donors (Lipinski definition) is 1. The maximum absolute atomic E-state index is 12.7. The average Bonchev–Trinajstić information content (AvgIpc) is 3.09. The maximum atomic E-state index is 12.7. The molecule has 3 aromatic rings. The van der Waals surface area contributed by atoms with E-state index in [-0.39, 0.29) is 24.6 Å². The van der Waals surface area contributed by atoms with E-state index in [1.54, 1.807) is 13.1 Å².